The van der Waals surface area contributed by atoms with Crippen LogP contribution in [-0.4, -0.2) is 28.6 Å². The van der Waals surface area contributed by atoms with Crippen molar-refractivity contribution in [3.05, 3.63) is 40.7 Å². The molecule has 1 aliphatic heterocycles. The highest BCUT2D eigenvalue weighted by molar-refractivity contribution is 6.04. The van der Waals surface area contributed by atoms with Crippen LogP contribution in [0, 0.1) is 6.92 Å². The summed E-state index contributed by atoms with van der Waals surface area (Å²) in [4.78, 5) is 23.7. The maximum absolute atomic E-state index is 12.5. The average Bonchev–Trinajstić information content (AvgIpc) is 2.94. The molecule has 1 aliphatic rings. The van der Waals surface area contributed by atoms with Crippen molar-refractivity contribution in [1.29, 1.82) is 0 Å². The number of anilines is 2. The molecule has 1 aromatic carbocycles. The van der Waals surface area contributed by atoms with E-state index in [0.29, 0.717) is 23.6 Å². The van der Waals surface area contributed by atoms with E-state index in [0.717, 1.165) is 29.8 Å². The fourth-order valence-electron chi connectivity index (χ4n) is 2.63. The van der Waals surface area contributed by atoms with E-state index in [2.05, 4.69) is 26.1 Å². The third-order valence-corrected chi connectivity index (χ3v) is 3.83. The molecule has 23 heavy (non-hydrogen) atoms. The topological polar surface area (TPSA) is 98.9 Å². The molecule has 0 bridgehead atoms. The van der Waals surface area contributed by atoms with Crippen molar-refractivity contribution < 1.29 is 9.59 Å². The fraction of sp³-hybridized carbons (Fsp3) is 0.312. The van der Waals surface area contributed by atoms with Crippen molar-refractivity contribution in [2.45, 2.75) is 26.8 Å². The Hall–Kier alpha value is -2.67. The number of nitrogens with zero attached hydrogens (tertiary/aromatic N) is 1. The second-order valence-electron chi connectivity index (χ2n) is 5.62. The van der Waals surface area contributed by atoms with E-state index < -0.39 is 0 Å². The van der Waals surface area contributed by atoms with Gasteiger partial charge < -0.3 is 16.0 Å². The van der Waals surface area contributed by atoms with Crippen LogP contribution in [0.1, 0.15) is 34.2 Å². The second kappa shape index (κ2) is 6.21. The van der Waals surface area contributed by atoms with Crippen LogP contribution < -0.4 is 16.0 Å². The molecule has 3 rings (SSSR count). The van der Waals surface area contributed by atoms with Gasteiger partial charge in [-0.15, -0.1) is 0 Å². The van der Waals surface area contributed by atoms with Crippen LogP contribution in [0.4, 0.5) is 11.4 Å². The summed E-state index contributed by atoms with van der Waals surface area (Å²) in [7, 11) is 0. The van der Waals surface area contributed by atoms with Crippen LogP contribution in [0.3, 0.4) is 0 Å². The number of fused-ring (bicyclic) bond motifs is 1. The highest BCUT2D eigenvalue weighted by atomic mass is 16.2. The second-order valence-corrected chi connectivity index (χ2v) is 5.62. The van der Waals surface area contributed by atoms with Crippen molar-refractivity contribution in [2.24, 2.45) is 0 Å². The quantitative estimate of drug-likeness (QED) is 0.691. The molecule has 0 spiro atoms. The van der Waals surface area contributed by atoms with Gasteiger partial charge in [0.05, 0.1) is 0 Å². The molecule has 120 valence electrons. The Bertz CT molecular complexity index is 766. The van der Waals surface area contributed by atoms with Crippen molar-refractivity contribution in [2.75, 3.05) is 17.2 Å². The van der Waals surface area contributed by atoms with E-state index in [9.17, 15) is 9.59 Å². The van der Waals surface area contributed by atoms with Gasteiger partial charge in [-0.25, -0.2) is 0 Å². The Morgan fingerprint density at radius 2 is 2.09 bits per heavy atom. The van der Waals surface area contributed by atoms with Gasteiger partial charge in [0.25, 0.3) is 5.91 Å². The van der Waals surface area contributed by atoms with Crippen molar-refractivity contribution >= 4 is 23.2 Å². The number of carbonyl (C=O) groups excluding carboxylic acids is 2. The lowest BCUT2D eigenvalue weighted by atomic mass is 10.1. The normalized spacial score (nSPS) is 13.3. The number of benzene rings is 1. The molecule has 2 heterocycles. The molecule has 0 saturated carbocycles. The highest BCUT2D eigenvalue weighted by Crippen LogP contribution is 2.22. The average molecular weight is 313 g/mol. The molecular formula is C16H19N5O2. The summed E-state index contributed by atoms with van der Waals surface area (Å²) in [5.41, 5.74) is 4.57. The van der Waals surface area contributed by atoms with E-state index >= 15 is 0 Å². The number of rotatable bonds is 3. The molecule has 0 aliphatic carbocycles. The molecule has 0 saturated heterocycles. The number of aromatic amines is 1. The number of H-pyrrole nitrogens is 1. The van der Waals surface area contributed by atoms with E-state index in [4.69, 9.17) is 0 Å². The van der Waals surface area contributed by atoms with Crippen LogP contribution in [0.5, 0.6) is 0 Å². The summed E-state index contributed by atoms with van der Waals surface area (Å²) in [6.07, 6.45) is 0.840. The van der Waals surface area contributed by atoms with Crippen molar-refractivity contribution in [3.63, 3.8) is 0 Å². The molecule has 4 N–H and O–H groups in total. The summed E-state index contributed by atoms with van der Waals surface area (Å²) in [6.45, 7) is 4.87. The van der Waals surface area contributed by atoms with Gasteiger partial charge in [-0.3, -0.25) is 14.7 Å². The van der Waals surface area contributed by atoms with Gasteiger partial charge in [-0.2, -0.15) is 5.10 Å². The predicted molar refractivity (Wildman–Crippen MR) is 87.4 cm³/mol. The number of aromatic nitrogens is 2. The summed E-state index contributed by atoms with van der Waals surface area (Å²) in [5, 5.41) is 15.9. The van der Waals surface area contributed by atoms with Crippen LogP contribution in [0.15, 0.2) is 18.2 Å². The van der Waals surface area contributed by atoms with Gasteiger partial charge in [0.15, 0.2) is 5.69 Å². The van der Waals surface area contributed by atoms with Gasteiger partial charge >= 0.3 is 0 Å². The summed E-state index contributed by atoms with van der Waals surface area (Å²) < 4.78 is 0. The van der Waals surface area contributed by atoms with Crippen molar-refractivity contribution in [1.82, 2.24) is 15.5 Å². The molecule has 2 amide bonds. The summed E-state index contributed by atoms with van der Waals surface area (Å²) >= 11 is 0. The molecule has 1 aromatic heterocycles. The van der Waals surface area contributed by atoms with E-state index in [1.54, 1.807) is 12.1 Å². The van der Waals surface area contributed by atoms with Gasteiger partial charge in [0.1, 0.15) is 0 Å². The molecule has 7 nitrogen and oxygen atoms in total. The Morgan fingerprint density at radius 3 is 2.87 bits per heavy atom. The first-order valence-electron chi connectivity index (χ1n) is 7.51. The summed E-state index contributed by atoms with van der Waals surface area (Å²) in [6, 6.07) is 5.39. The number of nitrogens with one attached hydrogen (secondary N) is 4. The van der Waals surface area contributed by atoms with Crippen molar-refractivity contribution in [3.8, 4) is 0 Å². The number of hydrogen-bond acceptors (Lipinski definition) is 4. The van der Waals surface area contributed by atoms with E-state index in [1.165, 1.54) is 6.92 Å². The number of hydrogen-bond donors (Lipinski definition) is 4. The minimum Gasteiger partial charge on any atom is -0.326 e. The third-order valence-electron chi connectivity index (χ3n) is 3.83. The zero-order valence-electron chi connectivity index (χ0n) is 13.1. The highest BCUT2D eigenvalue weighted by Gasteiger charge is 2.21. The Balaban J connectivity index is 1.80. The maximum atomic E-state index is 12.5. The number of amides is 2. The maximum Gasteiger partial charge on any atom is 0.276 e. The van der Waals surface area contributed by atoms with Gasteiger partial charge in [-0.05, 0) is 24.6 Å². The van der Waals surface area contributed by atoms with Crippen LogP contribution >= 0.6 is 0 Å². The van der Waals surface area contributed by atoms with E-state index in [-0.39, 0.29) is 11.8 Å². The van der Waals surface area contributed by atoms with Gasteiger partial charge in [-0.1, -0.05) is 6.07 Å². The van der Waals surface area contributed by atoms with Crippen LogP contribution in [0.2, 0.25) is 0 Å². The SMILES string of the molecule is CC(=O)Nc1cc(NC(=O)c2n[nH]c3c2CNCC3)ccc1C. The molecular weight excluding hydrogens is 294 g/mol. The van der Waals surface area contributed by atoms with Gasteiger partial charge in [0, 0.05) is 49.1 Å². The monoisotopic (exact) mass is 313 g/mol. The minimum atomic E-state index is -0.260. The summed E-state index contributed by atoms with van der Waals surface area (Å²) in [5.74, 6) is -0.409. The number of carbonyl (C=O) groups is 2. The fourth-order valence-corrected chi connectivity index (χ4v) is 2.63. The van der Waals surface area contributed by atoms with Gasteiger partial charge in [0.2, 0.25) is 5.91 Å². The smallest absolute Gasteiger partial charge is 0.276 e. The van der Waals surface area contributed by atoms with Crippen LogP contribution in [0.25, 0.3) is 0 Å². The lowest BCUT2D eigenvalue weighted by Gasteiger charge is -2.13. The first-order valence-corrected chi connectivity index (χ1v) is 7.51. The molecule has 0 unspecified atom stereocenters. The lowest BCUT2D eigenvalue weighted by molar-refractivity contribution is -0.114. The zero-order chi connectivity index (χ0) is 16.4. The lowest BCUT2D eigenvalue weighted by Crippen LogP contribution is -2.25. The third kappa shape index (κ3) is 3.24. The Kier molecular flexibility index (Phi) is 4.12. The standard InChI is InChI=1S/C16H19N5O2/c1-9-3-4-11(7-14(9)18-10(2)22)19-16(23)15-12-8-17-6-5-13(12)20-21-15/h3-4,7,17H,5-6,8H2,1-2H3,(H,18,22)(H,19,23)(H,20,21). The zero-order valence-corrected chi connectivity index (χ0v) is 13.1. The first-order chi connectivity index (χ1) is 11.0. The molecule has 7 heteroatoms. The molecule has 0 fully saturated rings. The van der Waals surface area contributed by atoms with Crippen LogP contribution in [-0.2, 0) is 17.8 Å². The molecule has 0 atom stereocenters. The first kappa shape index (κ1) is 15.2. The number of aryl methyl sites for hydroxylation is 1. The molecule has 2 aromatic rings. The Labute approximate surface area is 133 Å². The molecule has 0 radical (unpaired) electrons. The Morgan fingerprint density at radius 1 is 1.26 bits per heavy atom. The largest absolute Gasteiger partial charge is 0.326 e. The minimum absolute atomic E-state index is 0.149. The predicted octanol–water partition coefficient (Wildman–Crippen LogP) is 1.57. The van der Waals surface area contributed by atoms with E-state index in [1.807, 2.05) is 13.0 Å².